The molecule has 1 aliphatic heterocycles. The van der Waals surface area contributed by atoms with Gasteiger partial charge >= 0.3 is 6.09 Å². The average molecular weight is 399 g/mol. The highest BCUT2D eigenvalue weighted by atomic mass is 16.6. The maximum absolute atomic E-state index is 12.3. The van der Waals surface area contributed by atoms with Crippen LogP contribution in [0.15, 0.2) is 12.5 Å². The summed E-state index contributed by atoms with van der Waals surface area (Å²) in [5, 5.41) is 6.99. The molecule has 0 aromatic carbocycles. The zero-order valence-electron chi connectivity index (χ0n) is 17.3. The highest BCUT2D eigenvalue weighted by molar-refractivity contribution is 5.81. The van der Waals surface area contributed by atoms with E-state index >= 15 is 0 Å². The minimum absolute atomic E-state index is 0.179. The molecule has 10 nitrogen and oxygen atoms in total. The Morgan fingerprint density at radius 3 is 2.79 bits per heavy atom. The molecule has 3 aromatic rings. The molecule has 29 heavy (non-hydrogen) atoms. The minimum Gasteiger partial charge on any atom is -0.471 e. The molecule has 3 aromatic heterocycles. The molecule has 4 rings (SSSR count). The summed E-state index contributed by atoms with van der Waals surface area (Å²) in [6, 6.07) is 0. The lowest BCUT2D eigenvalue weighted by Crippen LogP contribution is -2.36. The van der Waals surface area contributed by atoms with E-state index in [2.05, 4.69) is 20.2 Å². The van der Waals surface area contributed by atoms with Gasteiger partial charge in [-0.05, 0) is 27.7 Å². The van der Waals surface area contributed by atoms with Crippen molar-refractivity contribution in [2.75, 3.05) is 13.1 Å². The molecule has 1 atom stereocenters. The fourth-order valence-electron chi connectivity index (χ4n) is 3.36. The van der Waals surface area contributed by atoms with Crippen LogP contribution in [0.4, 0.5) is 4.79 Å². The first-order valence-electron chi connectivity index (χ1n) is 9.55. The maximum atomic E-state index is 12.3. The largest absolute Gasteiger partial charge is 0.471 e. The Morgan fingerprint density at radius 2 is 2.10 bits per heavy atom. The van der Waals surface area contributed by atoms with Crippen molar-refractivity contribution in [1.82, 2.24) is 34.6 Å². The fraction of sp³-hybridized carbons (Fsp3) is 0.526. The summed E-state index contributed by atoms with van der Waals surface area (Å²) in [7, 11) is 1.90. The molecule has 1 saturated heterocycles. The van der Waals surface area contributed by atoms with Crippen LogP contribution >= 0.6 is 0 Å². The van der Waals surface area contributed by atoms with E-state index in [0.29, 0.717) is 36.6 Å². The zero-order chi connectivity index (χ0) is 20.8. The molecule has 0 radical (unpaired) electrons. The lowest BCUT2D eigenvalue weighted by atomic mass is 10.2. The van der Waals surface area contributed by atoms with Crippen LogP contribution in [-0.2, 0) is 11.8 Å². The highest BCUT2D eigenvalue weighted by Crippen LogP contribution is 2.29. The minimum atomic E-state index is -0.523. The van der Waals surface area contributed by atoms with Crippen LogP contribution in [0, 0.1) is 6.92 Å². The second-order valence-electron chi connectivity index (χ2n) is 8.21. The van der Waals surface area contributed by atoms with Gasteiger partial charge in [-0.1, -0.05) is 0 Å². The van der Waals surface area contributed by atoms with Crippen LogP contribution in [-0.4, -0.2) is 65.5 Å². The molecule has 1 amide bonds. The third-order valence-corrected chi connectivity index (χ3v) is 4.77. The summed E-state index contributed by atoms with van der Waals surface area (Å²) in [4.78, 5) is 27.3. The van der Waals surface area contributed by atoms with Gasteiger partial charge in [0.15, 0.2) is 11.2 Å². The molecule has 4 heterocycles. The van der Waals surface area contributed by atoms with Crippen molar-refractivity contribution in [3.05, 3.63) is 18.2 Å². The molecule has 0 saturated carbocycles. The number of nitrogens with one attached hydrogen (secondary N) is 1. The molecule has 10 heteroatoms. The van der Waals surface area contributed by atoms with Crippen molar-refractivity contribution in [3.8, 4) is 17.3 Å². The van der Waals surface area contributed by atoms with Gasteiger partial charge in [0.2, 0.25) is 5.88 Å². The standard InChI is InChI=1S/C19H25N7O3/c1-11-13(8-22-24-11)15-23-14-16(25(15)5)20-10-21-17(14)28-12-6-7-26(9-12)18(27)29-19(2,3)4/h8,10,12H,6-7,9H2,1-5H3,(H,22,24). The van der Waals surface area contributed by atoms with E-state index in [1.54, 1.807) is 11.1 Å². The van der Waals surface area contributed by atoms with E-state index in [-0.39, 0.29) is 12.2 Å². The van der Waals surface area contributed by atoms with Crippen molar-refractivity contribution in [2.45, 2.75) is 45.8 Å². The predicted octanol–water partition coefficient (Wildman–Crippen LogP) is 2.45. The third-order valence-electron chi connectivity index (χ3n) is 4.77. The third kappa shape index (κ3) is 3.74. The van der Waals surface area contributed by atoms with Crippen molar-refractivity contribution < 1.29 is 14.3 Å². The predicted molar refractivity (Wildman–Crippen MR) is 105 cm³/mol. The number of carbonyl (C=O) groups is 1. The van der Waals surface area contributed by atoms with E-state index in [0.717, 1.165) is 17.1 Å². The zero-order valence-corrected chi connectivity index (χ0v) is 17.3. The van der Waals surface area contributed by atoms with E-state index in [1.165, 1.54) is 6.33 Å². The number of imidazole rings is 1. The quantitative estimate of drug-likeness (QED) is 0.720. The number of ether oxygens (including phenoxy) is 2. The summed E-state index contributed by atoms with van der Waals surface area (Å²) >= 11 is 0. The number of aromatic amines is 1. The van der Waals surface area contributed by atoms with E-state index in [4.69, 9.17) is 14.5 Å². The second kappa shape index (κ2) is 7.02. The number of aryl methyl sites for hydroxylation is 2. The van der Waals surface area contributed by atoms with Crippen LogP contribution < -0.4 is 4.74 Å². The van der Waals surface area contributed by atoms with Crippen molar-refractivity contribution >= 4 is 17.3 Å². The van der Waals surface area contributed by atoms with Gasteiger partial charge in [0.1, 0.15) is 23.9 Å². The Balaban J connectivity index is 1.55. The summed E-state index contributed by atoms with van der Waals surface area (Å²) < 4.78 is 13.5. The van der Waals surface area contributed by atoms with Crippen LogP contribution in [0.1, 0.15) is 32.9 Å². The van der Waals surface area contributed by atoms with Crippen molar-refractivity contribution in [3.63, 3.8) is 0 Å². The number of hydrogen-bond donors (Lipinski definition) is 1. The monoisotopic (exact) mass is 399 g/mol. The fourth-order valence-corrected chi connectivity index (χ4v) is 3.36. The number of H-pyrrole nitrogens is 1. The second-order valence-corrected chi connectivity index (χ2v) is 8.21. The van der Waals surface area contributed by atoms with Gasteiger partial charge in [-0.3, -0.25) is 5.10 Å². The van der Waals surface area contributed by atoms with Crippen LogP contribution in [0.5, 0.6) is 5.88 Å². The smallest absolute Gasteiger partial charge is 0.410 e. The Bertz CT molecular complexity index is 1050. The first-order chi connectivity index (χ1) is 13.7. The Hall–Kier alpha value is -3.17. The topological polar surface area (TPSA) is 111 Å². The molecule has 1 fully saturated rings. The summed E-state index contributed by atoms with van der Waals surface area (Å²) in [6.45, 7) is 8.53. The Morgan fingerprint density at radius 1 is 1.31 bits per heavy atom. The number of nitrogens with zero attached hydrogens (tertiary/aromatic N) is 6. The number of amides is 1. The number of likely N-dealkylation sites (tertiary alicyclic amines) is 1. The first-order valence-corrected chi connectivity index (χ1v) is 9.55. The van der Waals surface area contributed by atoms with Crippen LogP contribution in [0.3, 0.4) is 0 Å². The van der Waals surface area contributed by atoms with Gasteiger partial charge in [0.25, 0.3) is 0 Å². The molecule has 1 unspecified atom stereocenters. The van der Waals surface area contributed by atoms with Gasteiger partial charge in [0, 0.05) is 25.7 Å². The molecule has 1 N–H and O–H groups in total. The number of hydrogen-bond acceptors (Lipinski definition) is 7. The lowest BCUT2D eigenvalue weighted by molar-refractivity contribution is 0.0275. The van der Waals surface area contributed by atoms with E-state index < -0.39 is 5.60 Å². The number of rotatable bonds is 3. The highest BCUT2D eigenvalue weighted by Gasteiger charge is 2.32. The average Bonchev–Trinajstić information content (AvgIpc) is 3.34. The van der Waals surface area contributed by atoms with Gasteiger partial charge in [-0.15, -0.1) is 0 Å². The summed E-state index contributed by atoms with van der Waals surface area (Å²) in [6.07, 6.45) is 3.39. The molecular formula is C19H25N7O3. The number of carbonyl (C=O) groups excluding carboxylic acids is 1. The lowest BCUT2D eigenvalue weighted by Gasteiger charge is -2.24. The summed E-state index contributed by atoms with van der Waals surface area (Å²) in [5.41, 5.74) is 2.55. The number of aromatic nitrogens is 6. The van der Waals surface area contributed by atoms with Crippen LogP contribution in [0.25, 0.3) is 22.6 Å². The van der Waals surface area contributed by atoms with E-state index in [9.17, 15) is 4.79 Å². The van der Waals surface area contributed by atoms with Gasteiger partial charge in [-0.2, -0.15) is 10.1 Å². The van der Waals surface area contributed by atoms with Gasteiger partial charge in [-0.25, -0.2) is 14.8 Å². The Labute approximate surface area is 168 Å². The molecule has 0 bridgehead atoms. The molecule has 1 aliphatic rings. The first kappa shape index (κ1) is 19.2. The van der Waals surface area contributed by atoms with Crippen LogP contribution in [0.2, 0.25) is 0 Å². The summed E-state index contributed by atoms with van der Waals surface area (Å²) in [5.74, 6) is 1.15. The molecule has 0 spiro atoms. The van der Waals surface area contributed by atoms with E-state index in [1.807, 2.05) is 39.3 Å². The van der Waals surface area contributed by atoms with Crippen molar-refractivity contribution in [2.24, 2.45) is 7.05 Å². The number of fused-ring (bicyclic) bond motifs is 1. The Kier molecular flexibility index (Phi) is 4.64. The SMILES string of the molecule is Cc1[nH]ncc1-c1nc2c(OC3CCN(C(=O)OC(C)(C)C)C3)ncnc2n1C. The van der Waals surface area contributed by atoms with Crippen molar-refractivity contribution in [1.29, 1.82) is 0 Å². The van der Waals surface area contributed by atoms with Gasteiger partial charge < -0.3 is 18.9 Å². The normalized spacial score (nSPS) is 17.1. The molecular weight excluding hydrogens is 374 g/mol. The molecule has 0 aliphatic carbocycles. The van der Waals surface area contributed by atoms with Gasteiger partial charge in [0.05, 0.1) is 18.3 Å². The molecule has 154 valence electrons. The maximum Gasteiger partial charge on any atom is 0.410 e.